The van der Waals surface area contributed by atoms with Gasteiger partial charge >= 0.3 is 0 Å². The zero-order chi connectivity index (χ0) is 26.0. The average Bonchev–Trinajstić information content (AvgIpc) is 3.13. The fourth-order valence-electron chi connectivity index (χ4n) is 8.52. The predicted molar refractivity (Wildman–Crippen MR) is 126 cm³/mol. The number of fused-ring (bicyclic) bond motifs is 5. The molecule has 3 saturated carbocycles. The summed E-state index contributed by atoms with van der Waals surface area (Å²) in [5, 5.41) is 51.7. The molecule has 1 aliphatic heterocycles. The van der Waals surface area contributed by atoms with Crippen molar-refractivity contribution in [1.29, 1.82) is 0 Å². The van der Waals surface area contributed by atoms with Crippen LogP contribution in [0.2, 0.25) is 0 Å². The van der Waals surface area contributed by atoms with Gasteiger partial charge in [0.05, 0.1) is 12.2 Å². The second-order valence-corrected chi connectivity index (χ2v) is 12.3. The Hall–Kier alpha value is -1.20. The van der Waals surface area contributed by atoms with Crippen molar-refractivity contribution in [2.45, 2.75) is 102 Å². The third-order valence-corrected chi connectivity index (χ3v) is 10.8. The van der Waals surface area contributed by atoms with E-state index in [4.69, 9.17) is 9.47 Å². The van der Waals surface area contributed by atoms with Crippen molar-refractivity contribution >= 4 is 11.6 Å². The van der Waals surface area contributed by atoms with Gasteiger partial charge in [-0.25, -0.2) is 0 Å². The van der Waals surface area contributed by atoms with E-state index < -0.39 is 54.2 Å². The number of allylic oxidation sites excluding steroid dienone is 1. The third kappa shape index (κ3) is 3.77. The van der Waals surface area contributed by atoms with Crippen molar-refractivity contribution in [2.75, 3.05) is 13.2 Å². The third-order valence-electron chi connectivity index (χ3n) is 10.8. The predicted octanol–water partition coefficient (Wildman–Crippen LogP) is 0.635. The topological polar surface area (TPSA) is 154 Å². The molecular weight excluding hydrogens is 468 g/mol. The van der Waals surface area contributed by atoms with Crippen LogP contribution >= 0.6 is 0 Å². The van der Waals surface area contributed by atoms with E-state index in [1.165, 1.54) is 5.57 Å². The number of rotatable bonds is 5. The Morgan fingerprint density at radius 2 is 1.78 bits per heavy atom. The minimum Gasteiger partial charge on any atom is -0.394 e. The molecule has 5 rings (SSSR count). The van der Waals surface area contributed by atoms with Crippen LogP contribution in [0.4, 0.5) is 0 Å². The molecule has 0 amide bonds. The van der Waals surface area contributed by atoms with Gasteiger partial charge in [-0.15, -0.1) is 0 Å². The molecule has 0 aromatic carbocycles. The van der Waals surface area contributed by atoms with E-state index >= 15 is 0 Å². The van der Waals surface area contributed by atoms with Crippen LogP contribution in [-0.4, -0.2) is 86.6 Å². The molecule has 0 aromatic heterocycles. The minimum atomic E-state index is -1.57. The van der Waals surface area contributed by atoms with Crippen molar-refractivity contribution < 1.29 is 44.6 Å². The summed E-state index contributed by atoms with van der Waals surface area (Å²) in [7, 11) is 0. The van der Waals surface area contributed by atoms with E-state index in [-0.39, 0.29) is 35.4 Å². The molecule has 9 nitrogen and oxygen atoms in total. The molecule has 0 aromatic rings. The van der Waals surface area contributed by atoms with E-state index in [9.17, 15) is 35.1 Å². The van der Waals surface area contributed by atoms with Gasteiger partial charge in [0.15, 0.2) is 17.9 Å². The van der Waals surface area contributed by atoms with Crippen LogP contribution in [0.1, 0.15) is 65.2 Å². The maximum Gasteiger partial charge on any atom is 0.187 e. The van der Waals surface area contributed by atoms with Gasteiger partial charge in [0.2, 0.25) is 0 Å². The first-order chi connectivity index (χ1) is 17.0. The summed E-state index contributed by atoms with van der Waals surface area (Å²) in [6, 6.07) is 0. The second-order valence-electron chi connectivity index (χ2n) is 12.3. The lowest BCUT2D eigenvalue weighted by Gasteiger charge is -2.61. The van der Waals surface area contributed by atoms with Crippen LogP contribution in [0.15, 0.2) is 11.6 Å². The van der Waals surface area contributed by atoms with E-state index in [2.05, 4.69) is 6.92 Å². The van der Waals surface area contributed by atoms with E-state index in [1.807, 2.05) is 13.0 Å². The molecule has 1 saturated heterocycles. The van der Waals surface area contributed by atoms with Gasteiger partial charge in [0.25, 0.3) is 0 Å². The number of aliphatic hydroxyl groups excluding tert-OH is 4. The molecule has 9 heteroatoms. The van der Waals surface area contributed by atoms with Crippen molar-refractivity contribution in [3.8, 4) is 0 Å². The van der Waals surface area contributed by atoms with Crippen LogP contribution < -0.4 is 0 Å². The van der Waals surface area contributed by atoms with Crippen molar-refractivity contribution in [3.05, 3.63) is 11.6 Å². The van der Waals surface area contributed by atoms with Gasteiger partial charge in [-0.1, -0.05) is 19.4 Å². The maximum absolute atomic E-state index is 13.4. The lowest BCUT2D eigenvalue weighted by Crippen LogP contribution is -2.61. The zero-order valence-electron chi connectivity index (χ0n) is 21.1. The number of ether oxygens (including phenoxy) is 2. The smallest absolute Gasteiger partial charge is 0.187 e. The first kappa shape index (κ1) is 26.4. The standard InChI is InChI=1S/C27H40O9/c1-25-8-5-15(29)11-14(25)3-4-17-16(25)6-9-26(2)18(7-10-27(17,26)34)19(30)13-35-24-23(33)22(32)21(31)20(12-28)36-24/h11,16-18,20-24,28,31-34H,3-10,12-13H2,1-2H3. The van der Waals surface area contributed by atoms with Gasteiger partial charge in [-0.2, -0.15) is 0 Å². The summed E-state index contributed by atoms with van der Waals surface area (Å²) in [6.45, 7) is 3.34. The fraction of sp³-hybridized carbons (Fsp3) is 0.852. The maximum atomic E-state index is 13.4. The lowest BCUT2D eigenvalue weighted by atomic mass is 9.45. The Labute approximate surface area is 211 Å². The Kier molecular flexibility index (Phi) is 6.76. The second kappa shape index (κ2) is 9.22. The highest BCUT2D eigenvalue weighted by Crippen LogP contribution is 2.68. The average molecular weight is 509 g/mol. The number of ketones is 2. The Morgan fingerprint density at radius 3 is 2.50 bits per heavy atom. The number of hydrogen-bond acceptors (Lipinski definition) is 9. The monoisotopic (exact) mass is 508 g/mol. The Bertz CT molecular complexity index is 932. The normalized spacial score (nSPS) is 50.6. The van der Waals surface area contributed by atoms with Crippen molar-refractivity contribution in [2.24, 2.45) is 28.6 Å². The summed E-state index contributed by atoms with van der Waals surface area (Å²) >= 11 is 0. The Balaban J connectivity index is 1.30. The summed E-state index contributed by atoms with van der Waals surface area (Å²) < 4.78 is 10.9. The molecule has 4 fully saturated rings. The van der Waals surface area contributed by atoms with Gasteiger partial charge in [-0.3, -0.25) is 9.59 Å². The quantitative estimate of drug-likeness (QED) is 0.360. The molecule has 36 heavy (non-hydrogen) atoms. The van der Waals surface area contributed by atoms with Crippen LogP contribution in [0.25, 0.3) is 0 Å². The molecule has 11 atom stereocenters. The first-order valence-electron chi connectivity index (χ1n) is 13.4. The number of aliphatic hydroxyl groups is 5. The van der Waals surface area contributed by atoms with E-state index in [0.29, 0.717) is 25.7 Å². The summed E-state index contributed by atoms with van der Waals surface area (Å²) in [4.78, 5) is 25.5. The zero-order valence-corrected chi connectivity index (χ0v) is 21.1. The lowest BCUT2D eigenvalue weighted by molar-refractivity contribution is -0.299. The van der Waals surface area contributed by atoms with Crippen LogP contribution in [0.5, 0.6) is 0 Å². The fourth-order valence-corrected chi connectivity index (χ4v) is 8.52. The summed E-state index contributed by atoms with van der Waals surface area (Å²) in [5.41, 5.74) is -0.436. The number of hydrogen-bond donors (Lipinski definition) is 5. The molecule has 0 spiro atoms. The largest absolute Gasteiger partial charge is 0.394 e. The molecule has 1 heterocycles. The van der Waals surface area contributed by atoms with Crippen LogP contribution in [0, 0.1) is 28.6 Å². The van der Waals surface area contributed by atoms with Crippen LogP contribution in [0.3, 0.4) is 0 Å². The van der Waals surface area contributed by atoms with E-state index in [0.717, 1.165) is 25.7 Å². The highest BCUT2D eigenvalue weighted by atomic mass is 16.7. The molecule has 0 radical (unpaired) electrons. The van der Waals surface area contributed by atoms with Gasteiger partial charge in [0.1, 0.15) is 31.0 Å². The molecular formula is C27H40O9. The SMILES string of the molecule is CC12CCC(=O)C=C1CCC1C2CCC2(C)C(C(=O)COC3OC(CO)C(O)C(O)C3O)CCC12O. The van der Waals surface area contributed by atoms with Crippen molar-refractivity contribution in [3.63, 3.8) is 0 Å². The number of carbonyl (C=O) groups excluding carboxylic acids is 2. The Morgan fingerprint density at radius 1 is 1.03 bits per heavy atom. The highest BCUT2D eigenvalue weighted by Gasteiger charge is 2.67. The molecule has 4 aliphatic carbocycles. The number of Topliss-reactive ketones (excluding diaryl/α,β-unsaturated/α-hetero) is 1. The van der Waals surface area contributed by atoms with E-state index in [1.54, 1.807) is 0 Å². The molecule has 11 unspecified atom stereocenters. The summed E-state index contributed by atoms with van der Waals surface area (Å²) in [5.74, 6) is -0.0504. The van der Waals surface area contributed by atoms with Gasteiger partial charge in [0, 0.05) is 17.8 Å². The van der Waals surface area contributed by atoms with Gasteiger partial charge in [-0.05, 0) is 68.3 Å². The first-order valence-corrected chi connectivity index (χ1v) is 13.4. The summed E-state index contributed by atoms with van der Waals surface area (Å²) in [6.07, 6.45) is 0.437. The highest BCUT2D eigenvalue weighted by molar-refractivity contribution is 5.91. The van der Waals surface area contributed by atoms with Gasteiger partial charge < -0.3 is 35.0 Å². The molecule has 202 valence electrons. The molecule has 0 bridgehead atoms. The van der Waals surface area contributed by atoms with Crippen LogP contribution in [-0.2, 0) is 19.1 Å². The number of carbonyl (C=O) groups is 2. The molecule has 5 N–H and O–H groups in total. The molecule has 5 aliphatic rings. The van der Waals surface area contributed by atoms with Crippen molar-refractivity contribution in [1.82, 2.24) is 0 Å². The minimum absolute atomic E-state index is 0.0655.